The number of nitrogens with zero attached hydrogens (tertiary/aromatic N) is 3. The van der Waals surface area contributed by atoms with E-state index >= 15 is 0 Å². The van der Waals surface area contributed by atoms with Crippen LogP contribution in [0.25, 0.3) is 10.7 Å². The quantitative estimate of drug-likeness (QED) is 0.439. The number of sulfonamides is 1. The average Bonchev–Trinajstić information content (AvgIpc) is 3.48. The Balaban J connectivity index is 1.49. The molecule has 1 N–H and O–H groups in total. The number of nitrogens with one attached hydrogen (secondary N) is 1. The van der Waals surface area contributed by atoms with Crippen LogP contribution in [0.15, 0.2) is 51.2 Å². The molecule has 2 aromatic heterocycles. The van der Waals surface area contributed by atoms with Crippen LogP contribution in [0.5, 0.6) is 0 Å². The minimum Gasteiger partial charge on any atom is -0.454 e. The highest BCUT2D eigenvalue weighted by molar-refractivity contribution is 7.89. The Hall–Kier alpha value is -3.09. The number of thiophene rings is 1. The summed E-state index contributed by atoms with van der Waals surface area (Å²) in [6, 6.07) is 9.20. The van der Waals surface area contributed by atoms with Gasteiger partial charge in [0, 0.05) is 18.7 Å². The number of esters is 1. The molecule has 1 aromatic carbocycles. The fraction of sp³-hybridized carbons (Fsp3) is 0.300. The normalized spacial score (nSPS) is 11.5. The van der Waals surface area contributed by atoms with Gasteiger partial charge in [0.1, 0.15) is 6.54 Å². The van der Waals surface area contributed by atoms with Crippen molar-refractivity contribution in [3.63, 3.8) is 0 Å². The molecule has 3 rings (SSSR count). The lowest BCUT2D eigenvalue weighted by atomic mass is 10.2. The van der Waals surface area contributed by atoms with Crippen LogP contribution in [0, 0.1) is 0 Å². The maximum absolute atomic E-state index is 12.5. The van der Waals surface area contributed by atoms with Crippen LogP contribution in [0.1, 0.15) is 30.1 Å². The molecule has 0 radical (unpaired) electrons. The highest BCUT2D eigenvalue weighted by Crippen LogP contribution is 2.21. The van der Waals surface area contributed by atoms with Gasteiger partial charge in [-0.25, -0.2) is 8.42 Å². The maximum atomic E-state index is 12.5. The number of benzene rings is 1. The van der Waals surface area contributed by atoms with E-state index in [-0.39, 0.29) is 29.5 Å². The highest BCUT2D eigenvalue weighted by atomic mass is 32.2. The van der Waals surface area contributed by atoms with E-state index in [2.05, 4.69) is 15.5 Å². The van der Waals surface area contributed by atoms with Crippen molar-refractivity contribution >= 4 is 33.2 Å². The van der Waals surface area contributed by atoms with Crippen molar-refractivity contribution in [3.05, 3.63) is 53.2 Å². The van der Waals surface area contributed by atoms with Crippen molar-refractivity contribution < 1.29 is 27.3 Å². The third-order valence-electron chi connectivity index (χ3n) is 4.42. The molecule has 0 unspecified atom stereocenters. The lowest BCUT2D eigenvalue weighted by Crippen LogP contribution is -2.31. The minimum absolute atomic E-state index is 0.0960. The standard InChI is InChI=1S/C20H22N4O6S2/c1-3-24(4-2)32(27,28)15-9-7-14(8-10-15)20(26)21-12-18(25)29-13-17-22-19(23-30-17)16-6-5-11-31-16/h5-11H,3-4,12-13H2,1-2H3,(H,21,26). The minimum atomic E-state index is -3.61. The second-order valence-corrected chi connectivity index (χ2v) is 9.33. The van der Waals surface area contributed by atoms with E-state index in [1.165, 1.54) is 39.9 Å². The molecule has 0 bridgehead atoms. The number of aromatic nitrogens is 2. The summed E-state index contributed by atoms with van der Waals surface area (Å²) in [6.45, 7) is 3.62. The molecule has 1 amide bonds. The number of carbonyl (C=O) groups excluding carboxylic acids is 2. The van der Waals surface area contributed by atoms with E-state index in [1.54, 1.807) is 13.8 Å². The molecule has 0 saturated carbocycles. The average molecular weight is 479 g/mol. The smallest absolute Gasteiger partial charge is 0.325 e. The van der Waals surface area contributed by atoms with E-state index in [9.17, 15) is 18.0 Å². The van der Waals surface area contributed by atoms with Crippen molar-refractivity contribution in [3.8, 4) is 10.7 Å². The van der Waals surface area contributed by atoms with Crippen LogP contribution in [0.3, 0.4) is 0 Å². The van der Waals surface area contributed by atoms with Crippen molar-refractivity contribution in [1.82, 2.24) is 19.8 Å². The Morgan fingerprint density at radius 3 is 2.50 bits per heavy atom. The van der Waals surface area contributed by atoms with Crippen LogP contribution in [-0.2, 0) is 26.2 Å². The third kappa shape index (κ3) is 5.58. The Morgan fingerprint density at radius 1 is 1.16 bits per heavy atom. The number of rotatable bonds is 10. The predicted molar refractivity (Wildman–Crippen MR) is 116 cm³/mol. The third-order valence-corrected chi connectivity index (χ3v) is 7.35. The van der Waals surface area contributed by atoms with Gasteiger partial charge in [-0.1, -0.05) is 25.1 Å². The molecular weight excluding hydrogens is 456 g/mol. The number of hydrogen-bond donors (Lipinski definition) is 1. The van der Waals surface area contributed by atoms with Gasteiger partial charge in [0.05, 0.1) is 9.77 Å². The van der Waals surface area contributed by atoms with E-state index in [0.29, 0.717) is 18.9 Å². The van der Waals surface area contributed by atoms with Crippen molar-refractivity contribution in [1.29, 1.82) is 0 Å². The number of ether oxygens (including phenoxy) is 1. The molecule has 0 fully saturated rings. The van der Waals surface area contributed by atoms with Crippen LogP contribution < -0.4 is 5.32 Å². The zero-order valence-electron chi connectivity index (χ0n) is 17.5. The number of amides is 1. The second kappa shape index (κ2) is 10.5. The largest absolute Gasteiger partial charge is 0.454 e. The van der Waals surface area contributed by atoms with Gasteiger partial charge in [0.15, 0.2) is 6.61 Å². The lowest BCUT2D eigenvalue weighted by Gasteiger charge is -2.18. The van der Waals surface area contributed by atoms with Crippen LogP contribution in [0.4, 0.5) is 0 Å². The van der Waals surface area contributed by atoms with Gasteiger partial charge in [0.25, 0.3) is 11.8 Å². The first-order valence-corrected chi connectivity index (χ1v) is 12.1. The van der Waals surface area contributed by atoms with Crippen molar-refractivity contribution in [2.75, 3.05) is 19.6 Å². The van der Waals surface area contributed by atoms with E-state index in [4.69, 9.17) is 9.26 Å². The van der Waals surface area contributed by atoms with Gasteiger partial charge in [0.2, 0.25) is 15.8 Å². The zero-order valence-corrected chi connectivity index (χ0v) is 19.1. The summed E-state index contributed by atoms with van der Waals surface area (Å²) < 4.78 is 36.4. The Morgan fingerprint density at radius 2 is 1.88 bits per heavy atom. The molecule has 0 spiro atoms. The Kier molecular flexibility index (Phi) is 7.72. The molecule has 12 heteroatoms. The van der Waals surface area contributed by atoms with E-state index < -0.39 is 21.9 Å². The van der Waals surface area contributed by atoms with Gasteiger partial charge in [-0.15, -0.1) is 11.3 Å². The van der Waals surface area contributed by atoms with Crippen LogP contribution >= 0.6 is 11.3 Å². The van der Waals surface area contributed by atoms with E-state index in [0.717, 1.165) is 4.88 Å². The fourth-order valence-electron chi connectivity index (χ4n) is 2.76. The number of hydrogen-bond acceptors (Lipinski definition) is 9. The van der Waals surface area contributed by atoms with Gasteiger partial charge in [-0.05, 0) is 35.7 Å². The summed E-state index contributed by atoms with van der Waals surface area (Å²) in [5.41, 5.74) is 0.216. The molecule has 0 saturated heterocycles. The van der Waals surface area contributed by atoms with Crippen molar-refractivity contribution in [2.45, 2.75) is 25.3 Å². The Bertz CT molecular complexity index is 1150. The molecule has 0 aliphatic rings. The molecule has 0 atom stereocenters. The van der Waals surface area contributed by atoms with Gasteiger partial charge in [-0.3, -0.25) is 9.59 Å². The summed E-state index contributed by atoms with van der Waals surface area (Å²) in [4.78, 5) is 29.2. The topological polar surface area (TPSA) is 132 Å². The van der Waals surface area contributed by atoms with Crippen LogP contribution in [-0.4, -0.2) is 54.4 Å². The molecule has 10 nitrogen and oxygen atoms in total. The Labute approximate surface area is 189 Å². The fourth-order valence-corrected chi connectivity index (χ4v) is 4.87. The summed E-state index contributed by atoms with van der Waals surface area (Å²) in [5.74, 6) is -0.676. The summed E-state index contributed by atoms with van der Waals surface area (Å²) in [6.07, 6.45) is 0. The molecular formula is C20H22N4O6S2. The summed E-state index contributed by atoms with van der Waals surface area (Å²) in [5, 5.41) is 8.12. The lowest BCUT2D eigenvalue weighted by molar-refractivity contribution is -0.144. The van der Waals surface area contributed by atoms with Gasteiger partial charge >= 0.3 is 5.97 Å². The molecule has 32 heavy (non-hydrogen) atoms. The zero-order chi connectivity index (χ0) is 23.1. The summed E-state index contributed by atoms with van der Waals surface area (Å²) in [7, 11) is -3.61. The molecule has 2 heterocycles. The highest BCUT2D eigenvalue weighted by Gasteiger charge is 2.21. The molecule has 0 aliphatic carbocycles. The molecule has 0 aliphatic heterocycles. The van der Waals surface area contributed by atoms with E-state index in [1.807, 2.05) is 17.5 Å². The monoisotopic (exact) mass is 478 g/mol. The maximum Gasteiger partial charge on any atom is 0.325 e. The second-order valence-electron chi connectivity index (χ2n) is 6.45. The molecule has 170 valence electrons. The van der Waals surface area contributed by atoms with Gasteiger partial charge < -0.3 is 14.6 Å². The van der Waals surface area contributed by atoms with Gasteiger partial charge in [-0.2, -0.15) is 9.29 Å². The predicted octanol–water partition coefficient (Wildman–Crippen LogP) is 2.30. The summed E-state index contributed by atoms with van der Waals surface area (Å²) >= 11 is 1.45. The van der Waals surface area contributed by atoms with Crippen molar-refractivity contribution in [2.24, 2.45) is 0 Å². The first kappa shape index (κ1) is 23.6. The number of carbonyl (C=O) groups is 2. The first-order valence-electron chi connectivity index (χ1n) is 9.75. The first-order chi connectivity index (χ1) is 15.3. The molecule has 3 aromatic rings. The van der Waals surface area contributed by atoms with Crippen LogP contribution in [0.2, 0.25) is 0 Å². The SMILES string of the molecule is CCN(CC)S(=O)(=O)c1ccc(C(=O)NCC(=O)OCc2nc(-c3cccs3)no2)cc1.